The van der Waals surface area contributed by atoms with Gasteiger partial charge in [0, 0.05) is 37.2 Å². The lowest BCUT2D eigenvalue weighted by Gasteiger charge is -2.30. The molecule has 0 atom stereocenters. The number of oxazole rings is 1. The quantitative estimate of drug-likeness (QED) is 0.348. The molecule has 1 saturated heterocycles. The number of amides is 2. The van der Waals surface area contributed by atoms with E-state index in [1.54, 1.807) is 66.4 Å². The van der Waals surface area contributed by atoms with Crippen LogP contribution in [0.2, 0.25) is 0 Å². The maximum atomic E-state index is 12.8. The van der Waals surface area contributed by atoms with Gasteiger partial charge in [-0.3, -0.25) is 14.3 Å². The van der Waals surface area contributed by atoms with Crippen LogP contribution < -0.4 is 14.8 Å². The van der Waals surface area contributed by atoms with E-state index in [1.165, 1.54) is 19.2 Å². The number of nitrogens with zero attached hydrogens (tertiary/aromatic N) is 2. The summed E-state index contributed by atoms with van der Waals surface area (Å²) < 4.78 is 39.1. The van der Waals surface area contributed by atoms with Crippen molar-refractivity contribution in [1.29, 1.82) is 0 Å². The summed E-state index contributed by atoms with van der Waals surface area (Å²) in [7, 11) is -2.28. The highest BCUT2D eigenvalue weighted by atomic mass is 32.2. The normalized spacial score (nSPS) is 14.3. The van der Waals surface area contributed by atoms with Crippen molar-refractivity contribution >= 4 is 44.3 Å². The van der Waals surface area contributed by atoms with Crippen molar-refractivity contribution in [2.24, 2.45) is 5.92 Å². The number of carbonyl (C=O) groups is 2. The lowest BCUT2D eigenvalue weighted by Crippen LogP contribution is -2.40. The molecule has 0 saturated carbocycles. The average molecular weight is 549 g/mol. The molecule has 10 nitrogen and oxygen atoms in total. The summed E-state index contributed by atoms with van der Waals surface area (Å²) in [4.78, 5) is 30.6. The Morgan fingerprint density at radius 3 is 2.28 bits per heavy atom. The molecule has 2 heterocycles. The van der Waals surface area contributed by atoms with Crippen LogP contribution in [0, 0.1) is 5.92 Å². The Hall–Kier alpha value is -4.38. The number of aromatic nitrogens is 1. The Balaban J connectivity index is 1.25. The third kappa shape index (κ3) is 5.88. The van der Waals surface area contributed by atoms with Crippen LogP contribution in [0.4, 0.5) is 11.4 Å². The molecule has 4 aromatic rings. The molecule has 5 rings (SSSR count). The predicted molar refractivity (Wildman–Crippen MR) is 147 cm³/mol. The van der Waals surface area contributed by atoms with Gasteiger partial charge in [0.2, 0.25) is 17.7 Å². The van der Waals surface area contributed by atoms with Crippen molar-refractivity contribution in [3.05, 3.63) is 66.7 Å². The summed E-state index contributed by atoms with van der Waals surface area (Å²) in [6.45, 7) is 2.73. The van der Waals surface area contributed by atoms with Crippen LogP contribution in [0.1, 0.15) is 19.8 Å². The number of rotatable bonds is 7. The van der Waals surface area contributed by atoms with Gasteiger partial charge in [-0.2, -0.15) is 0 Å². The molecule has 39 heavy (non-hydrogen) atoms. The van der Waals surface area contributed by atoms with Gasteiger partial charge in [0.1, 0.15) is 11.3 Å². The van der Waals surface area contributed by atoms with Crippen molar-refractivity contribution in [3.8, 4) is 17.2 Å². The maximum Gasteiger partial charge on any atom is 0.261 e. The minimum Gasteiger partial charge on any atom is -0.497 e. The number of methoxy groups -OCH3 is 1. The highest BCUT2D eigenvalue weighted by Gasteiger charge is 2.26. The molecule has 3 aromatic carbocycles. The van der Waals surface area contributed by atoms with E-state index in [0.717, 1.165) is 0 Å². The molecule has 2 amide bonds. The zero-order valence-corrected chi connectivity index (χ0v) is 22.3. The number of piperidine rings is 1. The molecule has 1 aromatic heterocycles. The molecule has 1 fully saturated rings. The van der Waals surface area contributed by atoms with Crippen molar-refractivity contribution in [2.45, 2.75) is 24.7 Å². The summed E-state index contributed by atoms with van der Waals surface area (Å²) in [5, 5.41) is 2.94. The van der Waals surface area contributed by atoms with Crippen LogP contribution in [0.5, 0.6) is 5.75 Å². The largest absolute Gasteiger partial charge is 0.497 e. The van der Waals surface area contributed by atoms with E-state index in [-0.39, 0.29) is 22.6 Å². The van der Waals surface area contributed by atoms with Gasteiger partial charge >= 0.3 is 0 Å². The van der Waals surface area contributed by atoms with Crippen LogP contribution in [-0.2, 0) is 19.6 Å². The maximum absolute atomic E-state index is 12.8. The van der Waals surface area contributed by atoms with E-state index in [1.807, 2.05) is 0 Å². The van der Waals surface area contributed by atoms with Gasteiger partial charge in [-0.05, 0) is 79.6 Å². The first-order valence-electron chi connectivity index (χ1n) is 12.5. The molecule has 0 spiro atoms. The number of carbonyl (C=O) groups excluding carboxylic acids is 2. The van der Waals surface area contributed by atoms with E-state index in [0.29, 0.717) is 65.6 Å². The predicted octanol–water partition coefficient (Wildman–Crippen LogP) is 4.50. The van der Waals surface area contributed by atoms with E-state index < -0.39 is 10.0 Å². The van der Waals surface area contributed by atoms with Gasteiger partial charge in [-0.25, -0.2) is 13.4 Å². The molecule has 0 aliphatic carbocycles. The number of nitrogens with one attached hydrogen (secondary N) is 2. The average Bonchev–Trinajstić information content (AvgIpc) is 3.37. The first-order valence-corrected chi connectivity index (χ1v) is 13.9. The lowest BCUT2D eigenvalue weighted by molar-refractivity contribution is -0.132. The van der Waals surface area contributed by atoms with Gasteiger partial charge in [0.25, 0.3) is 10.0 Å². The number of benzene rings is 3. The molecule has 1 aliphatic rings. The fourth-order valence-electron chi connectivity index (χ4n) is 4.48. The number of anilines is 2. The minimum atomic E-state index is -3.80. The SMILES string of the molecule is COc1ccc(S(=O)(=O)Nc2ccc3oc(-c4ccc(NC(=O)C5CCN(C(C)=O)CC5)cc4)nc3c2)cc1. The highest BCUT2D eigenvalue weighted by Crippen LogP contribution is 2.29. The molecule has 202 valence electrons. The summed E-state index contributed by atoms with van der Waals surface area (Å²) in [5.41, 5.74) is 2.72. The molecule has 0 unspecified atom stereocenters. The number of ether oxygens (including phenoxy) is 1. The van der Waals surface area contributed by atoms with E-state index in [2.05, 4.69) is 15.0 Å². The molecule has 0 bridgehead atoms. The van der Waals surface area contributed by atoms with Crippen molar-refractivity contribution in [1.82, 2.24) is 9.88 Å². The monoisotopic (exact) mass is 548 g/mol. The molecular weight excluding hydrogens is 520 g/mol. The van der Waals surface area contributed by atoms with Crippen LogP contribution in [0.15, 0.2) is 76.0 Å². The van der Waals surface area contributed by atoms with E-state index in [9.17, 15) is 18.0 Å². The van der Waals surface area contributed by atoms with Crippen LogP contribution in [0.3, 0.4) is 0 Å². The van der Waals surface area contributed by atoms with Gasteiger partial charge in [-0.1, -0.05) is 0 Å². The number of hydrogen-bond acceptors (Lipinski definition) is 7. The second kappa shape index (κ2) is 10.8. The van der Waals surface area contributed by atoms with E-state index >= 15 is 0 Å². The van der Waals surface area contributed by atoms with E-state index in [4.69, 9.17) is 9.15 Å². The van der Waals surface area contributed by atoms with Gasteiger partial charge in [0.15, 0.2) is 5.58 Å². The van der Waals surface area contributed by atoms with Gasteiger partial charge in [0.05, 0.1) is 17.7 Å². The van der Waals surface area contributed by atoms with Crippen LogP contribution in [-0.4, -0.2) is 50.3 Å². The molecular formula is C28H28N4O6S. The second-order valence-electron chi connectivity index (χ2n) is 9.33. The standard InChI is InChI=1S/C28H28N4O6S/c1-18(33)32-15-13-19(14-16-32)27(34)29-21-5-3-20(4-6-21)28-30-25-17-22(7-12-26(25)38-28)31-39(35,36)24-10-8-23(37-2)9-11-24/h3-12,17,19,31H,13-16H2,1-2H3,(H,29,34). The van der Waals surface area contributed by atoms with Crippen LogP contribution in [0.25, 0.3) is 22.6 Å². The Morgan fingerprint density at radius 2 is 1.64 bits per heavy atom. The fourth-order valence-corrected chi connectivity index (χ4v) is 5.53. The first-order chi connectivity index (χ1) is 18.7. The number of likely N-dealkylation sites (tertiary alicyclic amines) is 1. The zero-order chi connectivity index (χ0) is 27.6. The fraction of sp³-hybridized carbons (Fsp3) is 0.250. The Kier molecular flexibility index (Phi) is 7.25. The van der Waals surface area contributed by atoms with Crippen molar-refractivity contribution in [2.75, 3.05) is 30.2 Å². The topological polar surface area (TPSA) is 131 Å². The zero-order valence-electron chi connectivity index (χ0n) is 21.5. The second-order valence-corrected chi connectivity index (χ2v) is 11.0. The Labute approximate surface area is 226 Å². The Morgan fingerprint density at radius 1 is 0.974 bits per heavy atom. The summed E-state index contributed by atoms with van der Waals surface area (Å²) >= 11 is 0. The van der Waals surface area contributed by atoms with Crippen LogP contribution >= 0.6 is 0 Å². The highest BCUT2D eigenvalue weighted by molar-refractivity contribution is 7.92. The molecule has 1 aliphatic heterocycles. The third-order valence-corrected chi connectivity index (χ3v) is 8.12. The number of sulfonamides is 1. The summed E-state index contributed by atoms with van der Waals surface area (Å²) in [6, 6.07) is 18.1. The summed E-state index contributed by atoms with van der Waals surface area (Å²) in [6.07, 6.45) is 1.29. The molecule has 11 heteroatoms. The first kappa shape index (κ1) is 26.2. The minimum absolute atomic E-state index is 0.0368. The van der Waals surface area contributed by atoms with Gasteiger partial charge < -0.3 is 19.4 Å². The number of hydrogen-bond donors (Lipinski definition) is 2. The molecule has 0 radical (unpaired) electrons. The third-order valence-electron chi connectivity index (χ3n) is 6.72. The molecule has 2 N–H and O–H groups in total. The Bertz CT molecular complexity index is 1610. The van der Waals surface area contributed by atoms with Crippen molar-refractivity contribution < 1.29 is 27.2 Å². The summed E-state index contributed by atoms with van der Waals surface area (Å²) in [5.74, 6) is 0.780. The van der Waals surface area contributed by atoms with Crippen molar-refractivity contribution in [3.63, 3.8) is 0 Å². The number of fused-ring (bicyclic) bond motifs is 1. The lowest BCUT2D eigenvalue weighted by atomic mass is 9.96. The smallest absolute Gasteiger partial charge is 0.261 e. The van der Waals surface area contributed by atoms with Gasteiger partial charge in [-0.15, -0.1) is 0 Å².